The number of anilines is 1. The van der Waals surface area contributed by atoms with Crippen molar-refractivity contribution >= 4 is 82.2 Å². The van der Waals surface area contributed by atoms with E-state index in [0.717, 1.165) is 12.5 Å². The third kappa shape index (κ3) is 31.6. The van der Waals surface area contributed by atoms with Crippen LogP contribution in [0.4, 0.5) is 21.0 Å². The van der Waals surface area contributed by atoms with Crippen molar-refractivity contribution in [1.82, 2.24) is 10.6 Å². The summed E-state index contributed by atoms with van der Waals surface area (Å²) < 4.78 is 33.2. The van der Waals surface area contributed by atoms with E-state index in [2.05, 4.69) is 34.8 Å². The van der Waals surface area contributed by atoms with E-state index >= 15 is 0 Å². The number of phenols is 2. The number of benzene rings is 1. The Labute approximate surface area is 592 Å². The van der Waals surface area contributed by atoms with Crippen LogP contribution in [-0.2, 0) is 63.6 Å². The lowest BCUT2D eigenvalue weighted by molar-refractivity contribution is -0.562. The summed E-state index contributed by atoms with van der Waals surface area (Å²) in [5.74, 6) is -4.45. The second kappa shape index (κ2) is 48.3. The minimum Gasteiger partial charge on any atom is -1.00 e. The molecule has 0 unspecified atom stereocenters. The first-order chi connectivity index (χ1) is 45.2. The number of carbonyl (C=O) groups excluding carboxylic acids is 8. The number of hydrogen-bond acceptors (Lipinski definition) is 20. The molecule has 29 heteroatoms. The predicted octanol–water partition coefficient (Wildman–Crippen LogP) is 1.82. The van der Waals surface area contributed by atoms with Crippen molar-refractivity contribution in [3.63, 3.8) is 0 Å². The highest BCUT2D eigenvalue weighted by Crippen LogP contribution is 2.41. The van der Waals surface area contributed by atoms with E-state index in [1.165, 1.54) is 46.7 Å². The third-order valence-electron chi connectivity index (χ3n) is 15.4. The summed E-state index contributed by atoms with van der Waals surface area (Å²) >= 11 is 4.94. The van der Waals surface area contributed by atoms with Crippen LogP contribution < -0.4 is 56.0 Å². The zero-order valence-electron chi connectivity index (χ0n) is 58.4. The van der Waals surface area contributed by atoms with Crippen LogP contribution in [0.15, 0.2) is 125 Å². The Hall–Kier alpha value is -7.47. The van der Waals surface area contributed by atoms with Gasteiger partial charge in [0.15, 0.2) is 23.6 Å². The smallest absolute Gasteiger partial charge is 0.405 e. The molecule has 3 aliphatic rings. The van der Waals surface area contributed by atoms with E-state index in [-0.39, 0.29) is 101 Å². The number of carboxylic acids is 1. The molecule has 1 aliphatic carbocycles. The maximum Gasteiger partial charge on any atom is 0.405 e. The van der Waals surface area contributed by atoms with Gasteiger partial charge in [-0.25, -0.2) is 9.59 Å². The fourth-order valence-electron chi connectivity index (χ4n) is 10.4. The summed E-state index contributed by atoms with van der Waals surface area (Å²) in [4.78, 5) is 95.3. The first-order valence-corrected chi connectivity index (χ1v) is 31.8. The van der Waals surface area contributed by atoms with E-state index in [9.17, 15) is 63.9 Å². The number of fused-ring (bicyclic) bond motifs is 4. The van der Waals surface area contributed by atoms with Crippen LogP contribution in [0.3, 0.4) is 0 Å². The minimum atomic E-state index is -1.02. The number of nitrogens with two attached hydrogens (primary N) is 3. The molecule has 26 nitrogen and oxygen atoms in total. The van der Waals surface area contributed by atoms with Gasteiger partial charge in [-0.05, 0) is 100 Å². The Morgan fingerprint density at radius 3 is 1.61 bits per heavy atom. The number of allylic oxidation sites excluding steroid dienone is 6. The summed E-state index contributed by atoms with van der Waals surface area (Å²) in [6.45, 7) is 24.5. The molecule has 0 fully saturated rings. The number of aromatic hydroxyl groups is 2. The molecule has 12 atom stereocenters. The SMILES string of the molecule is C=CCNC1=C2C[C@@H](C)C[C@H](OC)[C@H](O)[C@@H](C)/C=C(\C)[C@H](OC(N)=O)[C@@H](OC)/C=C\C=C(/C)C(=O)NC(=CC1=O)C2=O.C=CC[NH2+]c1c(O)cc2c(O)c1C[C@@H](C)C[C@H](OC)[C@H](O)[C@@H](C)/C=C(\C)[C@H](OC(N)=O)[C@@H](OC)/C=C\C=C(/C)C(=O)N2.CCCC(=O)Cl.Cl.[Cl-].[NH3+]CCC(=O)[O-]. The van der Waals surface area contributed by atoms with E-state index < -0.39 is 102 Å². The van der Waals surface area contributed by atoms with E-state index in [4.69, 9.17) is 51.5 Å². The van der Waals surface area contributed by atoms with E-state index in [0.29, 0.717) is 66.7 Å². The number of Topliss-reactive ketones (excluding diaryl/α,β-unsaturated/α-hetero) is 1. The van der Waals surface area contributed by atoms with Gasteiger partial charge in [0.1, 0.15) is 18.0 Å². The Kier molecular flexibility index (Phi) is 45.6. The van der Waals surface area contributed by atoms with Crippen LogP contribution in [0.1, 0.15) is 106 Å². The number of methoxy groups -OCH3 is 4. The number of carboxylic acid groups (broad SMARTS) is 1. The molecule has 4 amide bonds. The van der Waals surface area contributed by atoms with Crippen LogP contribution in [0, 0.1) is 23.7 Å². The van der Waals surface area contributed by atoms with Gasteiger partial charge in [-0.15, -0.1) is 19.0 Å². The molecule has 1 aromatic rings. The number of phenolic OH excluding ortho intramolecular Hbond substituents is 2. The zero-order chi connectivity index (χ0) is 73.1. The van der Waals surface area contributed by atoms with Gasteiger partial charge in [0.25, 0.3) is 11.8 Å². The van der Waals surface area contributed by atoms with Crippen molar-refractivity contribution in [3.05, 3.63) is 131 Å². The number of primary amides is 2. The molecule has 1 aromatic carbocycles. The lowest BCUT2D eigenvalue weighted by atomic mass is 9.85. The van der Waals surface area contributed by atoms with Gasteiger partial charge in [0, 0.05) is 94.5 Å². The number of ketones is 2. The topological polar surface area (TPSA) is 428 Å². The van der Waals surface area contributed by atoms with Crippen molar-refractivity contribution in [3.8, 4) is 11.5 Å². The Morgan fingerprint density at radius 1 is 0.765 bits per heavy atom. The number of nitrogens with one attached hydrogen (secondary N) is 3. The Balaban J connectivity index is 0. The maximum absolute atomic E-state index is 13.5. The molecule has 4 bridgehead atoms. The summed E-state index contributed by atoms with van der Waals surface area (Å²) in [6.07, 6.45) is 11.5. The summed E-state index contributed by atoms with van der Waals surface area (Å²) in [6, 6.07) is 1.31. The molecule has 2 aliphatic heterocycles. The van der Waals surface area contributed by atoms with Crippen LogP contribution in [0.2, 0.25) is 0 Å². The highest BCUT2D eigenvalue weighted by Gasteiger charge is 2.35. The van der Waals surface area contributed by atoms with Crippen molar-refractivity contribution in [2.24, 2.45) is 35.1 Å². The number of amides is 4. The van der Waals surface area contributed by atoms with Crippen LogP contribution in [-0.4, -0.2) is 164 Å². The van der Waals surface area contributed by atoms with Crippen molar-refractivity contribution in [2.75, 3.05) is 53.4 Å². The van der Waals surface area contributed by atoms with Gasteiger partial charge in [-0.1, -0.05) is 95.9 Å². The van der Waals surface area contributed by atoms with Crippen LogP contribution in [0.25, 0.3) is 0 Å². The number of aliphatic hydroxyl groups is 2. The quantitative estimate of drug-likeness (QED) is 0.0281. The molecular weight excluding hydrogens is 1340 g/mol. The number of ether oxygens (including phenoxy) is 6. The number of aliphatic carboxylic acids is 1. The average molecular weight is 1440 g/mol. The lowest BCUT2D eigenvalue weighted by Gasteiger charge is -2.30. The molecule has 4 rings (SSSR count). The van der Waals surface area contributed by atoms with Crippen molar-refractivity contribution < 1.29 is 116 Å². The summed E-state index contributed by atoms with van der Waals surface area (Å²) in [5, 5.41) is 63.8. The number of hydrogen-bond donors (Lipinski definition) is 11. The molecule has 0 radical (unpaired) electrons. The van der Waals surface area contributed by atoms with E-state index in [1.807, 2.05) is 27.7 Å². The lowest BCUT2D eigenvalue weighted by Crippen LogP contribution is -3.00. The monoisotopic (exact) mass is 1440 g/mol. The number of quaternary nitrogens is 2. The minimum absolute atomic E-state index is 0. The fraction of sp³-hybridized carbons (Fsp3) is 0.507. The molecule has 0 aromatic heterocycles. The maximum atomic E-state index is 13.5. The number of rotatable bonds is 16. The highest BCUT2D eigenvalue weighted by molar-refractivity contribution is 6.63. The van der Waals surface area contributed by atoms with E-state index in [1.54, 1.807) is 88.5 Å². The molecule has 550 valence electrons. The summed E-state index contributed by atoms with van der Waals surface area (Å²) in [5.41, 5.74) is 17.0. The summed E-state index contributed by atoms with van der Waals surface area (Å²) in [7, 11) is 5.88. The van der Waals surface area contributed by atoms with Gasteiger partial charge in [0.05, 0.1) is 60.2 Å². The number of aliphatic hydroxyl groups excluding tert-OH is 2. The standard InChI is InChI=1S/C31H45N3O8.C31H43N3O8.C4H7ClO.C3H7NO2.2ClH/c2*1-8-12-33-26-21-13-17(2)14-25(41-7)27(36)19(4)15-20(5)29(42-31(32)39)24(40-6)11-9-10-18(3)30(38)34-22(28(21)37)16-23(26)35;1-2-3-4(5)6;4-2-1-3(5)6;;/h8-11,15-17,19,24-25,27,29,33,35-37H,1,12-14H2,2-7H3,(H2,32,39)(H,34,38);8-11,15-17,19,24-25,27,29,33,36H,1,12-14H2,2-7H3,(H2,32,39)(H,34,38);2-3H2,1H3;1-2,4H2,(H,5,6);2*1H/b2*11-9-,18-10+,20-15+;;;;/t2*17-,19+,24+,25+,27-,29+;;;;/m11..../s1. The van der Waals surface area contributed by atoms with Gasteiger partial charge in [-0.2, -0.15) is 0 Å². The van der Waals surface area contributed by atoms with Gasteiger partial charge in [-0.3, -0.25) is 24.0 Å². The molecule has 0 saturated heterocycles. The largest absolute Gasteiger partial charge is 1.00 e. The Bertz CT molecular complexity index is 3090. The van der Waals surface area contributed by atoms with Gasteiger partial charge >= 0.3 is 12.2 Å². The number of halogens is 3. The molecule has 0 saturated carbocycles. The molecule has 98 heavy (non-hydrogen) atoms. The van der Waals surface area contributed by atoms with Crippen LogP contribution >= 0.6 is 24.0 Å². The molecule has 16 N–H and O–H groups in total. The zero-order valence-corrected chi connectivity index (χ0v) is 60.7. The number of carbonyl (C=O) groups is 8. The normalized spacial score (nSPS) is 27.1. The second-order valence-corrected chi connectivity index (χ2v) is 23.8. The Morgan fingerprint density at radius 2 is 1.23 bits per heavy atom. The third-order valence-corrected chi connectivity index (χ3v) is 15.6. The first-order valence-electron chi connectivity index (χ1n) is 31.4. The first kappa shape index (κ1) is 92.6. The van der Waals surface area contributed by atoms with Gasteiger partial charge in [0.2, 0.25) is 16.8 Å². The molecule has 0 spiro atoms. The highest BCUT2D eigenvalue weighted by atomic mass is 35.5. The van der Waals surface area contributed by atoms with Gasteiger partial charge < -0.3 is 110 Å². The van der Waals surface area contributed by atoms with Crippen molar-refractivity contribution in [1.29, 1.82) is 0 Å². The molecular formula is C69H104Cl3N7O19. The molecule has 2 heterocycles. The fourth-order valence-corrected chi connectivity index (χ4v) is 10.5. The second-order valence-electron chi connectivity index (χ2n) is 23.4. The predicted molar refractivity (Wildman–Crippen MR) is 369 cm³/mol. The van der Waals surface area contributed by atoms with Crippen molar-refractivity contribution in [2.45, 2.75) is 156 Å². The average Bonchev–Trinajstić information content (AvgIpc) is 0.860. The van der Waals surface area contributed by atoms with Crippen LogP contribution in [0.5, 0.6) is 11.5 Å².